The number of ether oxygens (including phenoxy) is 2. The Hall–Kier alpha value is -1.85. The van der Waals surface area contributed by atoms with Gasteiger partial charge in [-0.15, -0.1) is 0 Å². The fraction of sp³-hybridized carbons (Fsp3) is 0.545. The average Bonchev–Trinajstić information content (AvgIpc) is 2.74. The Kier molecular flexibility index (Phi) is 5.19. The van der Waals surface area contributed by atoms with Crippen molar-refractivity contribution in [2.24, 2.45) is 5.16 Å². The van der Waals surface area contributed by atoms with Gasteiger partial charge in [0, 0.05) is 20.3 Å². The van der Waals surface area contributed by atoms with E-state index < -0.39 is 18.0 Å². The lowest BCUT2D eigenvalue weighted by molar-refractivity contribution is -0.153. The van der Waals surface area contributed by atoms with Gasteiger partial charge in [0.1, 0.15) is 13.2 Å². The molecule has 0 radical (unpaired) electrons. The van der Waals surface area contributed by atoms with E-state index in [0.717, 1.165) is 12.1 Å². The Balaban J connectivity index is 2.49. The van der Waals surface area contributed by atoms with Crippen LogP contribution < -0.4 is 0 Å². The third-order valence-corrected chi connectivity index (χ3v) is 1.90. The molecule has 0 N–H and O–H groups in total. The number of hydrogen-bond donors (Lipinski definition) is 0. The van der Waals surface area contributed by atoms with Gasteiger partial charge in [0.25, 0.3) is 0 Å². The second kappa shape index (κ2) is 6.67. The molecule has 1 heterocycles. The van der Waals surface area contributed by atoms with Gasteiger partial charge in [-0.1, -0.05) is 5.16 Å². The zero-order valence-corrected chi connectivity index (χ0v) is 9.84. The summed E-state index contributed by atoms with van der Waals surface area (Å²) in [7, 11) is 0. The van der Waals surface area contributed by atoms with Gasteiger partial charge in [-0.3, -0.25) is 9.59 Å². The van der Waals surface area contributed by atoms with Gasteiger partial charge in [-0.05, 0) is 12.2 Å². The molecule has 0 aromatic carbocycles. The van der Waals surface area contributed by atoms with Crippen LogP contribution in [0.3, 0.4) is 0 Å². The highest BCUT2D eigenvalue weighted by Crippen LogP contribution is 2.04. The maximum atomic E-state index is 10.8. The quantitative estimate of drug-likeness (QED) is 0.666. The molecule has 0 saturated carbocycles. The molecular formula is C11H15NO5. The Morgan fingerprint density at radius 1 is 1.47 bits per heavy atom. The van der Waals surface area contributed by atoms with Crippen LogP contribution >= 0.6 is 0 Å². The van der Waals surface area contributed by atoms with Crippen LogP contribution in [0.5, 0.6) is 0 Å². The molecule has 0 aliphatic carbocycles. The lowest BCUT2D eigenvalue weighted by atomic mass is 10.2. The standard InChI is InChI=1S/C11H15NO5/c1-8(13)15-7-11(17-9(2)14)4-3-10-5-6-16-12-10/h3-4,11H,5-7H2,1-2H3/b4-3+/t11-/m0/s1. The summed E-state index contributed by atoms with van der Waals surface area (Å²) in [5.74, 6) is -0.853. The van der Waals surface area contributed by atoms with Gasteiger partial charge in [-0.2, -0.15) is 0 Å². The number of allylic oxidation sites excluding steroid dienone is 1. The summed E-state index contributed by atoms with van der Waals surface area (Å²) in [5, 5.41) is 3.76. The molecule has 0 bridgehead atoms. The van der Waals surface area contributed by atoms with Crippen LogP contribution in [0.25, 0.3) is 0 Å². The molecule has 6 nitrogen and oxygen atoms in total. The number of rotatable bonds is 5. The van der Waals surface area contributed by atoms with E-state index in [1.54, 1.807) is 12.2 Å². The molecule has 0 aromatic rings. The van der Waals surface area contributed by atoms with Gasteiger partial charge in [0.05, 0.1) is 5.71 Å². The van der Waals surface area contributed by atoms with Gasteiger partial charge >= 0.3 is 11.9 Å². The summed E-state index contributed by atoms with van der Waals surface area (Å²) in [6.07, 6.45) is 3.44. The predicted octanol–water partition coefficient (Wildman–Crippen LogP) is 0.814. The maximum Gasteiger partial charge on any atom is 0.303 e. The average molecular weight is 241 g/mol. The summed E-state index contributed by atoms with van der Waals surface area (Å²) in [5.41, 5.74) is 0.768. The first-order valence-corrected chi connectivity index (χ1v) is 5.25. The van der Waals surface area contributed by atoms with Gasteiger partial charge in [-0.25, -0.2) is 0 Å². The summed E-state index contributed by atoms with van der Waals surface area (Å²) >= 11 is 0. The normalized spacial score (nSPS) is 16.2. The molecule has 17 heavy (non-hydrogen) atoms. The minimum atomic E-state index is -0.598. The summed E-state index contributed by atoms with van der Waals surface area (Å²) in [6, 6.07) is 0. The maximum absolute atomic E-state index is 10.8. The molecule has 6 heteroatoms. The van der Waals surface area contributed by atoms with E-state index in [-0.39, 0.29) is 6.61 Å². The Morgan fingerprint density at radius 2 is 2.24 bits per heavy atom. The zero-order chi connectivity index (χ0) is 12.7. The van der Waals surface area contributed by atoms with Crippen LogP contribution in [0, 0.1) is 0 Å². The summed E-state index contributed by atoms with van der Waals surface area (Å²) < 4.78 is 9.74. The minimum absolute atomic E-state index is 0.000446. The van der Waals surface area contributed by atoms with Crippen molar-refractivity contribution in [1.82, 2.24) is 0 Å². The van der Waals surface area contributed by atoms with E-state index in [1.807, 2.05) is 0 Å². The summed E-state index contributed by atoms with van der Waals surface area (Å²) in [4.78, 5) is 26.3. The second-order valence-electron chi connectivity index (χ2n) is 3.48. The second-order valence-corrected chi connectivity index (χ2v) is 3.48. The van der Waals surface area contributed by atoms with E-state index >= 15 is 0 Å². The van der Waals surface area contributed by atoms with Crippen LogP contribution in [-0.2, 0) is 23.9 Å². The van der Waals surface area contributed by atoms with Crippen molar-refractivity contribution in [1.29, 1.82) is 0 Å². The topological polar surface area (TPSA) is 74.2 Å². The minimum Gasteiger partial charge on any atom is -0.462 e. The largest absolute Gasteiger partial charge is 0.462 e. The molecule has 0 unspecified atom stereocenters. The monoisotopic (exact) mass is 241 g/mol. The SMILES string of the molecule is CC(=O)OC[C@H](/C=C/C1=NOCC1)OC(C)=O. The molecule has 1 aliphatic heterocycles. The van der Waals surface area contributed by atoms with Crippen molar-refractivity contribution >= 4 is 17.7 Å². The van der Waals surface area contributed by atoms with Crippen LogP contribution in [0.15, 0.2) is 17.3 Å². The lowest BCUT2D eigenvalue weighted by Crippen LogP contribution is -2.21. The van der Waals surface area contributed by atoms with Crippen LogP contribution in [-0.4, -0.2) is 37.0 Å². The van der Waals surface area contributed by atoms with Crippen LogP contribution in [0.1, 0.15) is 20.3 Å². The number of carbonyl (C=O) groups is 2. The predicted molar refractivity (Wildman–Crippen MR) is 59.3 cm³/mol. The highest BCUT2D eigenvalue weighted by molar-refractivity contribution is 5.95. The first kappa shape index (κ1) is 13.2. The molecule has 1 atom stereocenters. The van der Waals surface area contributed by atoms with E-state index in [0.29, 0.717) is 6.61 Å². The van der Waals surface area contributed by atoms with Crippen molar-refractivity contribution < 1.29 is 23.9 Å². The number of carbonyl (C=O) groups excluding carboxylic acids is 2. The van der Waals surface area contributed by atoms with Gasteiger partial charge in [0.2, 0.25) is 0 Å². The molecule has 0 spiro atoms. The molecule has 0 fully saturated rings. The van der Waals surface area contributed by atoms with Crippen LogP contribution in [0.2, 0.25) is 0 Å². The van der Waals surface area contributed by atoms with Crippen molar-refractivity contribution in [3.63, 3.8) is 0 Å². The third-order valence-electron chi connectivity index (χ3n) is 1.90. The van der Waals surface area contributed by atoms with Crippen molar-refractivity contribution in [2.45, 2.75) is 26.4 Å². The van der Waals surface area contributed by atoms with E-state index in [2.05, 4.69) is 5.16 Å². The third kappa shape index (κ3) is 5.70. The Morgan fingerprint density at radius 3 is 2.76 bits per heavy atom. The zero-order valence-electron chi connectivity index (χ0n) is 9.84. The Bertz CT molecular complexity index is 348. The van der Waals surface area contributed by atoms with Crippen molar-refractivity contribution in [2.75, 3.05) is 13.2 Å². The molecule has 0 saturated heterocycles. The van der Waals surface area contributed by atoms with Crippen molar-refractivity contribution in [3.8, 4) is 0 Å². The fourth-order valence-electron chi connectivity index (χ4n) is 1.20. The number of hydrogen-bond acceptors (Lipinski definition) is 6. The number of esters is 2. The number of oxime groups is 1. The van der Waals surface area contributed by atoms with Gasteiger partial charge < -0.3 is 14.3 Å². The highest BCUT2D eigenvalue weighted by Gasteiger charge is 2.11. The first-order valence-electron chi connectivity index (χ1n) is 5.25. The molecule has 0 aromatic heterocycles. The molecule has 1 rings (SSSR count). The fourth-order valence-corrected chi connectivity index (χ4v) is 1.20. The first-order chi connectivity index (χ1) is 8.08. The van der Waals surface area contributed by atoms with E-state index in [1.165, 1.54) is 13.8 Å². The summed E-state index contributed by atoms with van der Waals surface area (Å²) in [6.45, 7) is 3.15. The van der Waals surface area contributed by atoms with Gasteiger partial charge in [0.15, 0.2) is 6.10 Å². The molecule has 1 aliphatic rings. The highest BCUT2D eigenvalue weighted by atomic mass is 16.6. The van der Waals surface area contributed by atoms with E-state index in [9.17, 15) is 9.59 Å². The van der Waals surface area contributed by atoms with Crippen LogP contribution in [0.4, 0.5) is 0 Å². The molecule has 0 amide bonds. The Labute approximate surface area is 99.2 Å². The molecule has 94 valence electrons. The smallest absolute Gasteiger partial charge is 0.303 e. The lowest BCUT2D eigenvalue weighted by Gasteiger charge is -2.12. The van der Waals surface area contributed by atoms with Crippen molar-refractivity contribution in [3.05, 3.63) is 12.2 Å². The van der Waals surface area contributed by atoms with E-state index in [4.69, 9.17) is 14.3 Å². The molecular weight excluding hydrogens is 226 g/mol. The number of nitrogens with zero attached hydrogens (tertiary/aromatic N) is 1.